The van der Waals surface area contributed by atoms with Gasteiger partial charge in [0.2, 0.25) is 5.91 Å². The van der Waals surface area contributed by atoms with Gasteiger partial charge >= 0.3 is 0 Å². The summed E-state index contributed by atoms with van der Waals surface area (Å²) in [5, 5.41) is 3.27. The summed E-state index contributed by atoms with van der Waals surface area (Å²) in [4.78, 5) is 13.9. The lowest BCUT2D eigenvalue weighted by Crippen LogP contribution is -2.48. The van der Waals surface area contributed by atoms with E-state index in [9.17, 15) is 4.79 Å². The molecule has 98 valence electrons. The van der Waals surface area contributed by atoms with Gasteiger partial charge in [0.1, 0.15) is 11.8 Å². The minimum atomic E-state index is -0.222. The van der Waals surface area contributed by atoms with E-state index in [1.54, 1.807) is 12.0 Å². The monoisotopic (exact) mass is 248 g/mol. The minimum absolute atomic E-state index is 0.133. The van der Waals surface area contributed by atoms with Gasteiger partial charge in [-0.05, 0) is 23.6 Å². The van der Waals surface area contributed by atoms with Crippen LogP contribution in [0.4, 0.5) is 0 Å². The Kier molecular flexibility index (Phi) is 3.87. The van der Waals surface area contributed by atoms with E-state index in [2.05, 4.69) is 18.3 Å². The van der Waals surface area contributed by atoms with E-state index in [1.807, 2.05) is 19.2 Å². The molecule has 1 aromatic carbocycles. The van der Waals surface area contributed by atoms with E-state index in [1.165, 1.54) is 0 Å². The van der Waals surface area contributed by atoms with Gasteiger partial charge in [0, 0.05) is 20.1 Å². The number of piperazine rings is 1. The number of methoxy groups -OCH3 is 1. The van der Waals surface area contributed by atoms with E-state index < -0.39 is 0 Å². The molecule has 0 radical (unpaired) electrons. The lowest BCUT2D eigenvalue weighted by molar-refractivity contribution is -0.134. The molecule has 1 unspecified atom stereocenters. The van der Waals surface area contributed by atoms with Crippen molar-refractivity contribution < 1.29 is 9.53 Å². The molecule has 1 aliphatic rings. The van der Waals surface area contributed by atoms with Crippen molar-refractivity contribution in [2.24, 2.45) is 0 Å². The largest absolute Gasteiger partial charge is 0.496 e. The predicted octanol–water partition coefficient (Wildman–Crippen LogP) is 1.36. The average Bonchev–Trinajstić information content (AvgIpc) is 2.41. The number of nitrogens with zero attached hydrogens (tertiary/aromatic N) is 1. The first-order chi connectivity index (χ1) is 8.67. The molecule has 0 aliphatic carbocycles. The van der Waals surface area contributed by atoms with Gasteiger partial charge in [0.05, 0.1) is 7.11 Å². The highest BCUT2D eigenvalue weighted by molar-refractivity contribution is 5.84. The van der Waals surface area contributed by atoms with Crippen molar-refractivity contribution in [3.63, 3.8) is 0 Å². The summed E-state index contributed by atoms with van der Waals surface area (Å²) >= 11 is 0. The van der Waals surface area contributed by atoms with E-state index >= 15 is 0 Å². The second-order valence-corrected chi connectivity index (χ2v) is 4.57. The molecule has 1 aromatic rings. The normalized spacial score (nSPS) is 20.1. The summed E-state index contributed by atoms with van der Waals surface area (Å²) in [7, 11) is 3.52. The molecule has 18 heavy (non-hydrogen) atoms. The molecule has 2 rings (SSSR count). The van der Waals surface area contributed by atoms with Crippen LogP contribution >= 0.6 is 0 Å². The van der Waals surface area contributed by atoms with Gasteiger partial charge in [-0.1, -0.05) is 19.1 Å². The molecule has 0 spiro atoms. The SMILES string of the molecule is CCc1cc(C2NCCN(C)C2=O)ccc1OC. The molecule has 0 bridgehead atoms. The Morgan fingerprint density at radius 3 is 2.94 bits per heavy atom. The number of ether oxygens (including phenoxy) is 1. The molecule has 4 nitrogen and oxygen atoms in total. The molecule has 1 atom stereocenters. The maximum absolute atomic E-state index is 12.1. The number of benzene rings is 1. The Hall–Kier alpha value is -1.55. The van der Waals surface area contributed by atoms with Crippen LogP contribution in [0.15, 0.2) is 18.2 Å². The average molecular weight is 248 g/mol. The number of carbonyl (C=O) groups excluding carboxylic acids is 1. The number of carbonyl (C=O) groups is 1. The Balaban J connectivity index is 2.30. The van der Waals surface area contributed by atoms with E-state index in [0.717, 1.165) is 36.4 Å². The number of likely N-dealkylation sites (N-methyl/N-ethyl adjacent to an activating group) is 1. The first-order valence-electron chi connectivity index (χ1n) is 6.32. The third kappa shape index (κ3) is 2.34. The van der Waals surface area contributed by atoms with Gasteiger partial charge < -0.3 is 15.0 Å². The molecule has 1 aliphatic heterocycles. The fourth-order valence-corrected chi connectivity index (χ4v) is 2.31. The number of hydrogen-bond acceptors (Lipinski definition) is 3. The molecular weight excluding hydrogens is 228 g/mol. The Morgan fingerprint density at radius 1 is 1.50 bits per heavy atom. The molecule has 1 amide bonds. The lowest BCUT2D eigenvalue weighted by Gasteiger charge is -2.30. The predicted molar refractivity (Wildman–Crippen MR) is 70.8 cm³/mol. The highest BCUT2D eigenvalue weighted by atomic mass is 16.5. The zero-order valence-electron chi connectivity index (χ0n) is 11.2. The lowest BCUT2D eigenvalue weighted by atomic mass is 9.99. The molecule has 1 heterocycles. The number of amides is 1. The van der Waals surface area contributed by atoms with Crippen LogP contribution in [0.1, 0.15) is 24.1 Å². The van der Waals surface area contributed by atoms with Gasteiger partial charge in [-0.3, -0.25) is 4.79 Å². The van der Waals surface area contributed by atoms with Crippen LogP contribution in [0.3, 0.4) is 0 Å². The van der Waals surface area contributed by atoms with Crippen molar-refractivity contribution in [3.05, 3.63) is 29.3 Å². The summed E-state index contributed by atoms with van der Waals surface area (Å²) in [6, 6.07) is 5.75. The fourth-order valence-electron chi connectivity index (χ4n) is 2.31. The molecule has 1 N–H and O–H groups in total. The highest BCUT2D eigenvalue weighted by Gasteiger charge is 2.27. The number of rotatable bonds is 3. The number of aryl methyl sites for hydroxylation is 1. The van der Waals surface area contributed by atoms with Crippen LogP contribution in [0.25, 0.3) is 0 Å². The standard InChI is InChI=1S/C14H20N2O2/c1-4-10-9-11(5-6-12(10)18-3)13-14(17)16(2)8-7-15-13/h5-6,9,13,15H,4,7-8H2,1-3H3. The summed E-state index contributed by atoms with van der Waals surface area (Å²) in [6.45, 7) is 3.69. The molecule has 1 saturated heterocycles. The quantitative estimate of drug-likeness (QED) is 0.878. The number of nitrogens with one attached hydrogen (secondary N) is 1. The zero-order chi connectivity index (χ0) is 13.1. The third-order valence-corrected chi connectivity index (χ3v) is 3.44. The van der Waals surface area contributed by atoms with E-state index in [0.29, 0.717) is 0 Å². The molecule has 1 fully saturated rings. The Morgan fingerprint density at radius 2 is 2.28 bits per heavy atom. The topological polar surface area (TPSA) is 41.6 Å². The van der Waals surface area contributed by atoms with Crippen molar-refractivity contribution in [1.82, 2.24) is 10.2 Å². The van der Waals surface area contributed by atoms with Crippen molar-refractivity contribution in [3.8, 4) is 5.75 Å². The number of hydrogen-bond donors (Lipinski definition) is 1. The van der Waals surface area contributed by atoms with Gasteiger partial charge in [-0.2, -0.15) is 0 Å². The van der Waals surface area contributed by atoms with Crippen molar-refractivity contribution in [2.45, 2.75) is 19.4 Å². The highest BCUT2D eigenvalue weighted by Crippen LogP contribution is 2.25. The van der Waals surface area contributed by atoms with Crippen molar-refractivity contribution in [1.29, 1.82) is 0 Å². The second-order valence-electron chi connectivity index (χ2n) is 4.57. The summed E-state index contributed by atoms with van der Waals surface area (Å²) < 4.78 is 5.31. The maximum atomic E-state index is 12.1. The fraction of sp³-hybridized carbons (Fsp3) is 0.500. The van der Waals surface area contributed by atoms with Crippen LogP contribution in [-0.4, -0.2) is 38.1 Å². The van der Waals surface area contributed by atoms with Gasteiger partial charge in [0.25, 0.3) is 0 Å². The van der Waals surface area contributed by atoms with Crippen LogP contribution in [-0.2, 0) is 11.2 Å². The molecular formula is C14H20N2O2. The Bertz CT molecular complexity index is 445. The van der Waals surface area contributed by atoms with Crippen molar-refractivity contribution >= 4 is 5.91 Å². The molecule has 0 saturated carbocycles. The van der Waals surface area contributed by atoms with Crippen LogP contribution in [0.5, 0.6) is 5.75 Å². The van der Waals surface area contributed by atoms with Gasteiger partial charge in [0.15, 0.2) is 0 Å². The summed E-state index contributed by atoms with van der Waals surface area (Å²) in [5.74, 6) is 1.02. The third-order valence-electron chi connectivity index (χ3n) is 3.44. The van der Waals surface area contributed by atoms with Gasteiger partial charge in [-0.25, -0.2) is 0 Å². The van der Waals surface area contributed by atoms with E-state index in [-0.39, 0.29) is 11.9 Å². The van der Waals surface area contributed by atoms with Crippen LogP contribution in [0.2, 0.25) is 0 Å². The minimum Gasteiger partial charge on any atom is -0.496 e. The molecule has 0 aromatic heterocycles. The first-order valence-corrected chi connectivity index (χ1v) is 6.32. The van der Waals surface area contributed by atoms with Crippen LogP contribution < -0.4 is 10.1 Å². The van der Waals surface area contributed by atoms with Crippen LogP contribution in [0, 0.1) is 0 Å². The first kappa shape index (κ1) is 12.9. The Labute approximate surface area is 108 Å². The summed E-state index contributed by atoms with van der Waals surface area (Å²) in [6.07, 6.45) is 0.897. The van der Waals surface area contributed by atoms with E-state index in [4.69, 9.17) is 4.74 Å². The summed E-state index contributed by atoms with van der Waals surface area (Å²) in [5.41, 5.74) is 2.15. The van der Waals surface area contributed by atoms with Crippen molar-refractivity contribution in [2.75, 3.05) is 27.2 Å². The van der Waals surface area contributed by atoms with Gasteiger partial charge in [-0.15, -0.1) is 0 Å². The smallest absolute Gasteiger partial charge is 0.244 e. The second kappa shape index (κ2) is 5.40. The maximum Gasteiger partial charge on any atom is 0.244 e. The molecule has 4 heteroatoms. The zero-order valence-corrected chi connectivity index (χ0v) is 11.2.